The molecule has 0 saturated heterocycles. The van der Waals surface area contributed by atoms with Crippen molar-refractivity contribution in [2.45, 2.75) is 6.61 Å². The summed E-state index contributed by atoms with van der Waals surface area (Å²) >= 11 is 7.33. The molecule has 0 saturated carbocycles. The summed E-state index contributed by atoms with van der Waals surface area (Å²) in [6.07, 6.45) is 0. The van der Waals surface area contributed by atoms with E-state index in [4.69, 9.17) is 17.3 Å². The molecule has 0 spiro atoms. The first kappa shape index (κ1) is 10.8. The summed E-state index contributed by atoms with van der Waals surface area (Å²) in [5, 5.41) is 15.7. The van der Waals surface area contributed by atoms with Crippen LogP contribution in [0, 0.1) is 8.34 Å². The molecular weight excluding hydrogens is 325 g/mol. The molecule has 0 fully saturated rings. The van der Waals surface area contributed by atoms with Crippen LogP contribution in [0.15, 0.2) is 24.3 Å². The second kappa shape index (κ2) is 4.42. The standard InChI is InChI=1S/C9H8IN3OS/c10-6-3-1-2-4-7(6)13-8(5-14)11-12-9(13)15/h1-4,14H,5H2,(H,12,15). The maximum absolute atomic E-state index is 9.13. The van der Waals surface area contributed by atoms with E-state index in [1.54, 1.807) is 4.57 Å². The quantitative estimate of drug-likeness (QED) is 0.653. The molecule has 0 radical (unpaired) electrons. The topological polar surface area (TPSA) is 53.8 Å². The summed E-state index contributed by atoms with van der Waals surface area (Å²) in [7, 11) is 0. The molecule has 2 rings (SSSR count). The van der Waals surface area contributed by atoms with Gasteiger partial charge in [-0.2, -0.15) is 5.10 Å². The van der Waals surface area contributed by atoms with E-state index in [-0.39, 0.29) is 6.61 Å². The molecule has 1 heterocycles. The van der Waals surface area contributed by atoms with Crippen molar-refractivity contribution in [2.75, 3.05) is 0 Å². The molecule has 4 nitrogen and oxygen atoms in total. The van der Waals surface area contributed by atoms with Gasteiger partial charge in [-0.3, -0.25) is 9.67 Å². The fourth-order valence-corrected chi connectivity index (χ4v) is 2.20. The van der Waals surface area contributed by atoms with Gasteiger partial charge in [-0.05, 0) is 46.9 Å². The molecule has 2 N–H and O–H groups in total. The van der Waals surface area contributed by atoms with Gasteiger partial charge in [0.1, 0.15) is 6.61 Å². The van der Waals surface area contributed by atoms with Gasteiger partial charge in [-0.15, -0.1) is 0 Å². The minimum atomic E-state index is -0.141. The van der Waals surface area contributed by atoms with E-state index in [1.807, 2.05) is 24.3 Å². The van der Waals surface area contributed by atoms with Gasteiger partial charge in [0.25, 0.3) is 0 Å². The Hall–Kier alpha value is -0.730. The van der Waals surface area contributed by atoms with Crippen molar-refractivity contribution in [3.05, 3.63) is 38.4 Å². The van der Waals surface area contributed by atoms with Crippen LogP contribution in [0.3, 0.4) is 0 Å². The highest BCUT2D eigenvalue weighted by Crippen LogP contribution is 2.18. The highest BCUT2D eigenvalue weighted by molar-refractivity contribution is 14.1. The minimum Gasteiger partial charge on any atom is -0.388 e. The van der Waals surface area contributed by atoms with Gasteiger partial charge >= 0.3 is 0 Å². The molecule has 0 aliphatic rings. The Kier molecular flexibility index (Phi) is 3.17. The monoisotopic (exact) mass is 333 g/mol. The highest BCUT2D eigenvalue weighted by atomic mass is 127. The summed E-state index contributed by atoms with van der Waals surface area (Å²) in [6, 6.07) is 7.79. The molecule has 6 heteroatoms. The van der Waals surface area contributed by atoms with Gasteiger partial charge in [0.05, 0.1) is 5.69 Å². The molecule has 78 valence electrons. The van der Waals surface area contributed by atoms with Crippen molar-refractivity contribution in [1.29, 1.82) is 0 Å². The fourth-order valence-electron chi connectivity index (χ4n) is 1.32. The van der Waals surface area contributed by atoms with E-state index >= 15 is 0 Å². The average molecular weight is 333 g/mol. The third kappa shape index (κ3) is 1.97. The van der Waals surface area contributed by atoms with Gasteiger partial charge in [0, 0.05) is 3.57 Å². The number of benzene rings is 1. The van der Waals surface area contributed by atoms with Crippen molar-refractivity contribution in [3.8, 4) is 5.69 Å². The Balaban J connectivity index is 2.68. The second-order valence-electron chi connectivity index (χ2n) is 2.89. The number of halogens is 1. The van der Waals surface area contributed by atoms with E-state index in [1.165, 1.54) is 0 Å². The van der Waals surface area contributed by atoms with Gasteiger partial charge in [0.15, 0.2) is 10.6 Å². The average Bonchev–Trinajstić information content (AvgIpc) is 2.60. The molecule has 0 bridgehead atoms. The Morgan fingerprint density at radius 3 is 2.87 bits per heavy atom. The van der Waals surface area contributed by atoms with Crippen LogP contribution < -0.4 is 0 Å². The van der Waals surface area contributed by atoms with Crippen molar-refractivity contribution >= 4 is 34.8 Å². The zero-order valence-corrected chi connectivity index (χ0v) is 10.6. The van der Waals surface area contributed by atoms with Crippen LogP contribution in [0.4, 0.5) is 0 Å². The van der Waals surface area contributed by atoms with Crippen molar-refractivity contribution in [3.63, 3.8) is 0 Å². The molecule has 1 aromatic heterocycles. The first-order valence-corrected chi connectivity index (χ1v) is 5.75. The lowest BCUT2D eigenvalue weighted by atomic mass is 10.3. The van der Waals surface area contributed by atoms with Crippen LogP contribution in [0.2, 0.25) is 0 Å². The van der Waals surface area contributed by atoms with E-state index in [2.05, 4.69) is 32.8 Å². The zero-order chi connectivity index (χ0) is 10.8. The first-order valence-electron chi connectivity index (χ1n) is 4.26. The Labute approximate surface area is 105 Å². The SMILES string of the molecule is OCc1n[nH]c(=S)n1-c1ccccc1I. The summed E-state index contributed by atoms with van der Waals surface area (Å²) in [5.41, 5.74) is 0.931. The second-order valence-corrected chi connectivity index (χ2v) is 4.44. The number of aromatic amines is 1. The van der Waals surface area contributed by atoms with Crippen LogP contribution in [-0.4, -0.2) is 19.9 Å². The fraction of sp³-hybridized carbons (Fsp3) is 0.111. The maximum atomic E-state index is 9.13. The third-order valence-electron chi connectivity index (χ3n) is 1.98. The number of nitrogens with one attached hydrogen (secondary N) is 1. The van der Waals surface area contributed by atoms with Gasteiger partial charge < -0.3 is 5.11 Å². The summed E-state index contributed by atoms with van der Waals surface area (Å²) in [5.74, 6) is 0.518. The number of hydrogen-bond acceptors (Lipinski definition) is 3. The number of H-pyrrole nitrogens is 1. The van der Waals surface area contributed by atoms with Gasteiger partial charge in [-0.25, -0.2) is 0 Å². The van der Waals surface area contributed by atoms with Crippen LogP contribution in [0.1, 0.15) is 5.82 Å². The van der Waals surface area contributed by atoms with E-state index < -0.39 is 0 Å². The normalized spacial score (nSPS) is 10.5. The van der Waals surface area contributed by atoms with Crippen molar-refractivity contribution in [2.24, 2.45) is 0 Å². The lowest BCUT2D eigenvalue weighted by Gasteiger charge is -2.06. The minimum absolute atomic E-state index is 0.141. The smallest absolute Gasteiger partial charge is 0.199 e. The Morgan fingerprint density at radius 2 is 2.20 bits per heavy atom. The van der Waals surface area contributed by atoms with Crippen LogP contribution >= 0.6 is 34.8 Å². The lowest BCUT2D eigenvalue weighted by molar-refractivity contribution is 0.268. The molecule has 1 aromatic carbocycles. The number of hydrogen-bond donors (Lipinski definition) is 2. The molecular formula is C9H8IN3OS. The first-order chi connectivity index (χ1) is 7.24. The molecule has 0 aliphatic carbocycles. The van der Waals surface area contributed by atoms with E-state index in [0.717, 1.165) is 9.26 Å². The Morgan fingerprint density at radius 1 is 1.47 bits per heavy atom. The number of nitrogens with zero attached hydrogens (tertiary/aromatic N) is 2. The molecule has 15 heavy (non-hydrogen) atoms. The lowest BCUT2D eigenvalue weighted by Crippen LogP contribution is -2.02. The number of aromatic nitrogens is 3. The molecule has 0 amide bonds. The molecule has 2 aromatic rings. The largest absolute Gasteiger partial charge is 0.388 e. The predicted molar refractivity (Wildman–Crippen MR) is 67.4 cm³/mol. The summed E-state index contributed by atoms with van der Waals surface area (Å²) in [4.78, 5) is 0. The number of para-hydroxylation sites is 1. The number of aliphatic hydroxyl groups is 1. The van der Waals surface area contributed by atoms with Gasteiger partial charge in [-0.1, -0.05) is 12.1 Å². The van der Waals surface area contributed by atoms with Crippen LogP contribution in [0.25, 0.3) is 5.69 Å². The highest BCUT2D eigenvalue weighted by Gasteiger charge is 2.08. The van der Waals surface area contributed by atoms with Crippen LogP contribution in [0.5, 0.6) is 0 Å². The van der Waals surface area contributed by atoms with Crippen LogP contribution in [-0.2, 0) is 6.61 Å². The van der Waals surface area contributed by atoms with Crippen molar-refractivity contribution < 1.29 is 5.11 Å². The Bertz CT molecular complexity index is 534. The predicted octanol–water partition coefficient (Wildman–Crippen LogP) is 2.03. The molecule has 0 unspecified atom stereocenters. The maximum Gasteiger partial charge on any atom is 0.199 e. The number of rotatable bonds is 2. The third-order valence-corrected chi connectivity index (χ3v) is 3.16. The van der Waals surface area contributed by atoms with E-state index in [9.17, 15) is 0 Å². The molecule has 0 atom stereocenters. The zero-order valence-electron chi connectivity index (χ0n) is 7.64. The molecule has 0 aliphatic heterocycles. The summed E-state index contributed by atoms with van der Waals surface area (Å²) in [6.45, 7) is -0.141. The summed E-state index contributed by atoms with van der Waals surface area (Å²) < 4.78 is 3.28. The number of aliphatic hydroxyl groups excluding tert-OH is 1. The van der Waals surface area contributed by atoms with Crippen molar-refractivity contribution in [1.82, 2.24) is 14.8 Å². The van der Waals surface area contributed by atoms with Gasteiger partial charge in [0.2, 0.25) is 0 Å². The van der Waals surface area contributed by atoms with E-state index in [0.29, 0.717) is 10.6 Å².